The monoisotopic (exact) mass is 814 g/mol. The normalized spacial score (nSPS) is 26.0. The molecule has 17 heteroatoms. The van der Waals surface area contributed by atoms with Crippen LogP contribution >= 0.6 is 11.6 Å². The van der Waals surface area contributed by atoms with E-state index in [4.69, 9.17) is 16.3 Å². The van der Waals surface area contributed by atoms with E-state index in [2.05, 4.69) is 15.4 Å². The van der Waals surface area contributed by atoms with Crippen LogP contribution < -0.4 is 15.4 Å². The summed E-state index contributed by atoms with van der Waals surface area (Å²) in [6.45, 7) is 5.44. The summed E-state index contributed by atoms with van der Waals surface area (Å²) in [7, 11) is -2.83. The van der Waals surface area contributed by atoms with E-state index in [0.717, 1.165) is 6.42 Å². The van der Waals surface area contributed by atoms with Gasteiger partial charge in [-0.05, 0) is 70.2 Å². The van der Waals surface area contributed by atoms with Gasteiger partial charge >= 0.3 is 12.1 Å². The molecule has 6 amide bonds. The third kappa shape index (κ3) is 8.65. The number of benzene rings is 2. The number of halogens is 2. The quantitative estimate of drug-likeness (QED) is 0.367. The van der Waals surface area contributed by atoms with E-state index in [0.29, 0.717) is 30.4 Å². The van der Waals surface area contributed by atoms with Gasteiger partial charge in [-0.1, -0.05) is 60.9 Å². The molecule has 4 aliphatic rings. The van der Waals surface area contributed by atoms with Gasteiger partial charge in [-0.25, -0.2) is 27.1 Å². The van der Waals surface area contributed by atoms with Crippen LogP contribution in [-0.4, -0.2) is 95.8 Å². The van der Waals surface area contributed by atoms with Gasteiger partial charge in [0.25, 0.3) is 15.9 Å². The molecule has 2 aromatic rings. The van der Waals surface area contributed by atoms with E-state index < -0.39 is 80.9 Å². The molecule has 3 aliphatic heterocycles. The molecule has 1 saturated heterocycles. The Morgan fingerprint density at radius 1 is 1.05 bits per heavy atom. The number of carbonyl (C=O) groups is 5. The number of hydrogen-bond acceptors (Lipinski definition) is 8. The molecule has 0 radical (unpaired) electrons. The van der Waals surface area contributed by atoms with Crippen molar-refractivity contribution in [1.82, 2.24) is 30.1 Å². The third-order valence-corrected chi connectivity index (χ3v) is 12.9. The lowest BCUT2D eigenvalue weighted by atomic mass is 10.0. The first-order valence-electron chi connectivity index (χ1n) is 18.8. The van der Waals surface area contributed by atoms with Crippen molar-refractivity contribution in [1.29, 1.82) is 0 Å². The van der Waals surface area contributed by atoms with Crippen molar-refractivity contribution >= 4 is 51.5 Å². The van der Waals surface area contributed by atoms with Crippen molar-refractivity contribution in [3.63, 3.8) is 0 Å². The van der Waals surface area contributed by atoms with E-state index in [1.54, 1.807) is 31.3 Å². The van der Waals surface area contributed by atoms with Crippen molar-refractivity contribution in [2.75, 3.05) is 13.6 Å². The fraction of sp³-hybridized carbons (Fsp3) is 0.513. The smallest absolute Gasteiger partial charge is 0.410 e. The zero-order chi connectivity index (χ0) is 40.6. The molecule has 0 aromatic heterocycles. The molecule has 56 heavy (non-hydrogen) atoms. The Morgan fingerprint density at radius 3 is 2.52 bits per heavy atom. The summed E-state index contributed by atoms with van der Waals surface area (Å²) in [4.78, 5) is 73.4. The number of nitrogens with zero attached hydrogens (tertiary/aromatic N) is 3. The van der Waals surface area contributed by atoms with Crippen LogP contribution in [0.15, 0.2) is 59.5 Å². The number of allylic oxidation sites excluding steroid dienone is 1. The van der Waals surface area contributed by atoms with Crippen molar-refractivity contribution in [3.8, 4) is 0 Å². The van der Waals surface area contributed by atoms with Crippen LogP contribution in [-0.2, 0) is 42.2 Å². The van der Waals surface area contributed by atoms with E-state index in [1.807, 2.05) is 26.8 Å². The highest BCUT2D eigenvalue weighted by molar-refractivity contribution is 7.90. The summed E-state index contributed by atoms with van der Waals surface area (Å²) in [5.41, 5.74) is -1.23. The van der Waals surface area contributed by atoms with Gasteiger partial charge in [0.2, 0.25) is 11.8 Å². The molecule has 2 aromatic carbocycles. The van der Waals surface area contributed by atoms with Crippen LogP contribution in [0.2, 0.25) is 5.02 Å². The maximum absolute atomic E-state index is 14.5. The van der Waals surface area contributed by atoms with E-state index in [9.17, 15) is 36.8 Å². The number of amides is 6. The van der Waals surface area contributed by atoms with Crippen LogP contribution in [0.25, 0.3) is 0 Å². The van der Waals surface area contributed by atoms with Gasteiger partial charge in [0.1, 0.15) is 34.4 Å². The SMILES string of the molecule is CN(C(=O)N[C@H]1CCCCC/C=C\[C@H]2C[C@@]2(C(=O)NS(=O)(=O)c2ccccc2Cl)NC(=O)[C@@H]2C[C@@H](OC(=O)N3Cc4cccc(F)c4C3)CN2C1=O)C(C)(C)C. The molecule has 3 N–H and O–H groups in total. The van der Waals surface area contributed by atoms with Crippen molar-refractivity contribution in [2.24, 2.45) is 5.92 Å². The van der Waals surface area contributed by atoms with Gasteiger partial charge in [0.05, 0.1) is 18.1 Å². The number of nitrogens with one attached hydrogen (secondary N) is 3. The van der Waals surface area contributed by atoms with Gasteiger partial charge in [-0.3, -0.25) is 19.3 Å². The van der Waals surface area contributed by atoms with Gasteiger partial charge in [0, 0.05) is 37.0 Å². The molecule has 5 atom stereocenters. The molecule has 6 rings (SSSR count). The number of fused-ring (bicyclic) bond motifs is 3. The Kier molecular flexibility index (Phi) is 11.7. The molecular weight excluding hydrogens is 767 g/mol. The predicted molar refractivity (Wildman–Crippen MR) is 204 cm³/mol. The number of ether oxygens (including phenoxy) is 1. The maximum atomic E-state index is 14.5. The fourth-order valence-corrected chi connectivity index (χ4v) is 8.93. The average molecular weight is 815 g/mol. The van der Waals surface area contributed by atoms with Gasteiger partial charge in [-0.2, -0.15) is 0 Å². The minimum atomic E-state index is -4.45. The highest BCUT2D eigenvalue weighted by atomic mass is 35.5. The molecule has 1 aliphatic carbocycles. The zero-order valence-corrected chi connectivity index (χ0v) is 33.4. The Balaban J connectivity index is 1.28. The number of rotatable bonds is 5. The van der Waals surface area contributed by atoms with Crippen molar-refractivity contribution in [2.45, 2.75) is 113 Å². The highest BCUT2D eigenvalue weighted by Crippen LogP contribution is 2.46. The third-order valence-electron chi connectivity index (χ3n) is 11.1. The average Bonchev–Trinajstić information content (AvgIpc) is 3.42. The van der Waals surface area contributed by atoms with Crippen molar-refractivity contribution in [3.05, 3.63) is 76.6 Å². The first-order chi connectivity index (χ1) is 26.4. The van der Waals surface area contributed by atoms with Crippen LogP contribution in [0.5, 0.6) is 0 Å². The summed E-state index contributed by atoms with van der Waals surface area (Å²) in [6.07, 6.45) is 4.79. The number of hydrogen-bond donors (Lipinski definition) is 3. The first kappa shape index (κ1) is 40.9. The summed E-state index contributed by atoms with van der Waals surface area (Å²) in [5, 5.41) is 5.54. The lowest BCUT2D eigenvalue weighted by Gasteiger charge is -2.35. The molecule has 1 saturated carbocycles. The number of carbonyl (C=O) groups excluding carboxylic acids is 5. The Hall–Kier alpha value is -4.70. The Bertz CT molecular complexity index is 2040. The molecule has 0 unspecified atom stereocenters. The van der Waals surface area contributed by atoms with E-state index in [-0.39, 0.29) is 48.8 Å². The summed E-state index contributed by atoms with van der Waals surface area (Å²) in [5.74, 6) is -3.31. The topological polar surface area (TPSA) is 175 Å². The summed E-state index contributed by atoms with van der Waals surface area (Å²) in [6, 6.07) is 7.43. The second-order valence-electron chi connectivity index (χ2n) is 15.9. The lowest BCUT2D eigenvalue weighted by Crippen LogP contribution is -2.59. The zero-order valence-electron chi connectivity index (χ0n) is 31.8. The molecule has 2 fully saturated rings. The van der Waals surface area contributed by atoms with Gasteiger partial charge in [-0.15, -0.1) is 0 Å². The molecule has 0 spiro atoms. The summed E-state index contributed by atoms with van der Waals surface area (Å²) >= 11 is 6.15. The van der Waals surface area contributed by atoms with Crippen LogP contribution in [0.4, 0.5) is 14.0 Å². The summed E-state index contributed by atoms with van der Waals surface area (Å²) < 4.78 is 49.1. The second kappa shape index (κ2) is 16.0. The minimum Gasteiger partial charge on any atom is -0.444 e. The van der Waals surface area contributed by atoms with Crippen LogP contribution in [0, 0.1) is 11.7 Å². The molecule has 0 bridgehead atoms. The standard InChI is InChI=1S/C39H48ClFN6O8S/c1-38(2,3)45(4)36(51)42-30-17-9-7-5-6-8-14-25-20-39(25,35(50)44-56(53,54)32-18-11-10-15-28(32)40)43-33(48)31-19-26(22-47(31)34(30)49)55-37(52)46-21-24-13-12-16-29(41)27(24)23-46/h8,10-16,18,25-26,30-31H,5-7,9,17,19-23H2,1-4H3,(H,42,51)(H,43,48)(H,44,50)/b14-8-/t25-,26+,30-,31-,39+/m0/s1. The van der Waals surface area contributed by atoms with Crippen molar-refractivity contribution < 1.29 is 41.5 Å². The highest BCUT2D eigenvalue weighted by Gasteiger charge is 2.62. The number of urea groups is 1. The lowest BCUT2D eigenvalue weighted by molar-refractivity contribution is -0.141. The van der Waals surface area contributed by atoms with E-state index in [1.165, 1.54) is 39.0 Å². The Morgan fingerprint density at radius 2 is 1.80 bits per heavy atom. The van der Waals surface area contributed by atoms with Gasteiger partial charge in [0.15, 0.2) is 0 Å². The van der Waals surface area contributed by atoms with E-state index >= 15 is 0 Å². The second-order valence-corrected chi connectivity index (χ2v) is 18.0. The maximum Gasteiger partial charge on any atom is 0.410 e. The predicted octanol–water partition coefficient (Wildman–Crippen LogP) is 4.61. The largest absolute Gasteiger partial charge is 0.444 e. The van der Waals surface area contributed by atoms with Crippen LogP contribution in [0.1, 0.15) is 76.8 Å². The first-order valence-corrected chi connectivity index (χ1v) is 20.6. The van der Waals surface area contributed by atoms with Crippen LogP contribution in [0.3, 0.4) is 0 Å². The minimum absolute atomic E-state index is 0.0147. The fourth-order valence-electron chi connectivity index (χ4n) is 7.37. The Labute approximate surface area is 331 Å². The molecule has 14 nitrogen and oxygen atoms in total. The number of sulfonamides is 1. The molecular formula is C39H48ClFN6O8S. The molecule has 3 heterocycles. The molecule has 302 valence electrons. The van der Waals surface area contributed by atoms with Gasteiger partial charge < -0.3 is 25.2 Å².